The van der Waals surface area contributed by atoms with Gasteiger partial charge in [-0.05, 0) is 26.0 Å². The largest absolute Gasteiger partial charge is 0.434 e. The number of hydrogen-bond donors (Lipinski definition) is 1. The van der Waals surface area contributed by atoms with Crippen LogP contribution in [0.3, 0.4) is 0 Å². The summed E-state index contributed by atoms with van der Waals surface area (Å²) in [5.41, 5.74) is 2.40. The Bertz CT molecular complexity index is 671. The van der Waals surface area contributed by atoms with Gasteiger partial charge in [-0.15, -0.1) is 0 Å². The molecule has 0 fully saturated rings. The van der Waals surface area contributed by atoms with Crippen LogP contribution in [-0.2, 0) is 17.9 Å². The number of alkyl halides is 2. The molecule has 1 N–H and O–H groups in total. The Morgan fingerprint density at radius 3 is 2.74 bits per heavy atom. The summed E-state index contributed by atoms with van der Waals surface area (Å²) in [5.74, 6) is -0.106. The summed E-state index contributed by atoms with van der Waals surface area (Å²) < 4.78 is 30.8. The monoisotopic (exact) mass is 323 g/mol. The second-order valence-corrected chi connectivity index (χ2v) is 5.16. The quantitative estimate of drug-likeness (QED) is 0.852. The third kappa shape index (κ3) is 5.05. The van der Waals surface area contributed by atoms with Crippen LogP contribution in [0.5, 0.6) is 5.75 Å². The first-order valence-electron chi connectivity index (χ1n) is 7.26. The van der Waals surface area contributed by atoms with E-state index in [1.54, 1.807) is 22.9 Å². The van der Waals surface area contributed by atoms with Crippen LogP contribution < -0.4 is 10.1 Å². The number of benzene rings is 1. The first-order chi connectivity index (χ1) is 11.0. The van der Waals surface area contributed by atoms with Crippen LogP contribution in [0.4, 0.5) is 8.78 Å². The zero-order valence-electron chi connectivity index (χ0n) is 13.1. The Morgan fingerprint density at radius 1 is 1.35 bits per heavy atom. The Kier molecular flexibility index (Phi) is 5.67. The molecule has 23 heavy (non-hydrogen) atoms. The first kappa shape index (κ1) is 16.9. The fraction of sp³-hybridized carbons (Fsp3) is 0.375. The van der Waals surface area contributed by atoms with Crippen LogP contribution in [0, 0.1) is 13.8 Å². The number of hydrogen-bond acceptors (Lipinski definition) is 3. The van der Waals surface area contributed by atoms with Crippen LogP contribution in [0.25, 0.3) is 0 Å². The number of halogens is 2. The lowest BCUT2D eigenvalue weighted by atomic mass is 10.2. The van der Waals surface area contributed by atoms with Crippen molar-refractivity contribution in [1.29, 1.82) is 0 Å². The minimum Gasteiger partial charge on any atom is -0.434 e. The number of amides is 1. The molecular weight excluding hydrogens is 304 g/mol. The second-order valence-electron chi connectivity index (χ2n) is 5.16. The molecule has 0 aliphatic rings. The van der Waals surface area contributed by atoms with E-state index >= 15 is 0 Å². The van der Waals surface area contributed by atoms with Crippen molar-refractivity contribution in [2.75, 3.05) is 0 Å². The fourth-order valence-electron chi connectivity index (χ4n) is 2.25. The Balaban J connectivity index is 1.86. The maximum Gasteiger partial charge on any atom is 0.387 e. The van der Waals surface area contributed by atoms with E-state index < -0.39 is 6.61 Å². The van der Waals surface area contributed by atoms with Gasteiger partial charge in [0.05, 0.1) is 5.69 Å². The van der Waals surface area contributed by atoms with E-state index in [9.17, 15) is 13.6 Å². The third-order valence-electron chi connectivity index (χ3n) is 3.32. The molecule has 0 spiro atoms. The summed E-state index contributed by atoms with van der Waals surface area (Å²) in [6.45, 7) is 1.54. The number of aryl methyl sites for hydroxylation is 3. The van der Waals surface area contributed by atoms with Gasteiger partial charge in [0, 0.05) is 30.8 Å². The summed E-state index contributed by atoms with van der Waals surface area (Å²) >= 11 is 0. The molecule has 0 unspecified atom stereocenters. The van der Waals surface area contributed by atoms with Gasteiger partial charge in [-0.25, -0.2) is 0 Å². The Hall–Kier alpha value is -2.44. The zero-order valence-corrected chi connectivity index (χ0v) is 13.1. The highest BCUT2D eigenvalue weighted by Gasteiger charge is 2.10. The maximum atomic E-state index is 12.3. The predicted molar refractivity (Wildman–Crippen MR) is 81.2 cm³/mol. The van der Waals surface area contributed by atoms with Crippen LogP contribution in [0.15, 0.2) is 30.3 Å². The lowest BCUT2D eigenvalue weighted by Gasteiger charge is -2.11. The summed E-state index contributed by atoms with van der Waals surface area (Å²) in [6.07, 6.45) is 0.264. The number of ether oxygens (including phenoxy) is 1. The molecule has 2 aromatic rings. The van der Waals surface area contributed by atoms with Crippen molar-refractivity contribution >= 4 is 5.91 Å². The molecule has 0 atom stereocenters. The SMILES string of the molecule is Cc1cc(C)n(CCC(=O)NCc2ccccc2OC(F)F)n1. The van der Waals surface area contributed by atoms with Gasteiger partial charge in [0.15, 0.2) is 0 Å². The van der Waals surface area contributed by atoms with E-state index in [2.05, 4.69) is 15.2 Å². The molecule has 124 valence electrons. The highest BCUT2D eigenvalue weighted by atomic mass is 19.3. The molecule has 7 heteroatoms. The van der Waals surface area contributed by atoms with Crippen LogP contribution in [-0.4, -0.2) is 22.3 Å². The van der Waals surface area contributed by atoms with Crippen molar-refractivity contribution in [3.05, 3.63) is 47.3 Å². The van der Waals surface area contributed by atoms with Crippen molar-refractivity contribution in [3.63, 3.8) is 0 Å². The zero-order chi connectivity index (χ0) is 16.8. The molecule has 0 saturated heterocycles. The molecule has 0 saturated carbocycles. The predicted octanol–water partition coefficient (Wildman–Crippen LogP) is 2.81. The summed E-state index contributed by atoms with van der Waals surface area (Å²) in [6, 6.07) is 8.33. The van der Waals surface area contributed by atoms with Crippen LogP contribution >= 0.6 is 0 Å². The molecule has 1 amide bonds. The van der Waals surface area contributed by atoms with Crippen molar-refractivity contribution < 1.29 is 18.3 Å². The number of nitrogens with zero attached hydrogens (tertiary/aromatic N) is 2. The van der Waals surface area contributed by atoms with E-state index in [1.165, 1.54) is 6.07 Å². The van der Waals surface area contributed by atoms with E-state index in [-0.39, 0.29) is 24.6 Å². The van der Waals surface area contributed by atoms with E-state index in [1.807, 2.05) is 19.9 Å². The number of aromatic nitrogens is 2. The standard InChI is InChI=1S/C16H19F2N3O2/c1-11-9-12(2)21(20-11)8-7-15(22)19-10-13-5-3-4-6-14(13)23-16(17)18/h3-6,9,16H,7-8,10H2,1-2H3,(H,19,22). The third-order valence-corrected chi connectivity index (χ3v) is 3.32. The molecule has 5 nitrogen and oxygen atoms in total. The van der Waals surface area contributed by atoms with Crippen molar-refractivity contribution in [3.8, 4) is 5.75 Å². The molecule has 0 aliphatic carbocycles. The van der Waals surface area contributed by atoms with Gasteiger partial charge < -0.3 is 10.1 Å². The highest BCUT2D eigenvalue weighted by molar-refractivity contribution is 5.75. The van der Waals surface area contributed by atoms with E-state index in [0.29, 0.717) is 12.1 Å². The van der Waals surface area contributed by atoms with Crippen molar-refractivity contribution in [2.45, 2.75) is 40.0 Å². The number of carbonyl (C=O) groups excluding carboxylic acids is 1. The van der Waals surface area contributed by atoms with Gasteiger partial charge in [0.2, 0.25) is 5.91 Å². The van der Waals surface area contributed by atoms with Gasteiger partial charge in [0.1, 0.15) is 5.75 Å². The molecule has 0 bridgehead atoms. The summed E-state index contributed by atoms with van der Waals surface area (Å²) in [7, 11) is 0. The lowest BCUT2D eigenvalue weighted by Crippen LogP contribution is -2.24. The van der Waals surface area contributed by atoms with Gasteiger partial charge in [-0.2, -0.15) is 13.9 Å². The van der Waals surface area contributed by atoms with Crippen LogP contribution in [0.1, 0.15) is 23.4 Å². The first-order valence-corrected chi connectivity index (χ1v) is 7.26. The minimum absolute atomic E-state index is 0.0707. The second kappa shape index (κ2) is 7.71. The minimum atomic E-state index is -2.89. The molecule has 0 aliphatic heterocycles. The van der Waals surface area contributed by atoms with Gasteiger partial charge in [-0.1, -0.05) is 18.2 Å². The number of para-hydroxylation sites is 1. The molecular formula is C16H19F2N3O2. The average Bonchev–Trinajstić information content (AvgIpc) is 2.81. The lowest BCUT2D eigenvalue weighted by molar-refractivity contribution is -0.121. The normalized spacial score (nSPS) is 10.8. The number of carbonyl (C=O) groups is 1. The van der Waals surface area contributed by atoms with Gasteiger partial charge in [-0.3, -0.25) is 9.48 Å². The maximum absolute atomic E-state index is 12.3. The van der Waals surface area contributed by atoms with Gasteiger partial charge in [0.25, 0.3) is 0 Å². The van der Waals surface area contributed by atoms with E-state index in [4.69, 9.17) is 0 Å². The number of rotatable bonds is 7. The highest BCUT2D eigenvalue weighted by Crippen LogP contribution is 2.19. The topological polar surface area (TPSA) is 56.2 Å². The molecule has 1 aromatic carbocycles. The fourth-order valence-corrected chi connectivity index (χ4v) is 2.25. The number of nitrogens with one attached hydrogen (secondary N) is 1. The van der Waals surface area contributed by atoms with Crippen molar-refractivity contribution in [2.24, 2.45) is 0 Å². The molecule has 0 radical (unpaired) electrons. The molecule has 2 rings (SSSR count). The summed E-state index contributed by atoms with van der Waals surface area (Å²) in [5, 5.41) is 6.98. The van der Waals surface area contributed by atoms with Crippen LogP contribution in [0.2, 0.25) is 0 Å². The summed E-state index contributed by atoms with van der Waals surface area (Å²) in [4.78, 5) is 11.9. The average molecular weight is 323 g/mol. The molecule has 1 heterocycles. The Labute approximate surface area is 133 Å². The van der Waals surface area contributed by atoms with E-state index in [0.717, 1.165) is 11.4 Å². The smallest absolute Gasteiger partial charge is 0.387 e. The molecule has 1 aromatic heterocycles. The Morgan fingerprint density at radius 2 is 2.09 bits per heavy atom. The van der Waals surface area contributed by atoms with Gasteiger partial charge >= 0.3 is 6.61 Å². The van der Waals surface area contributed by atoms with Crippen molar-refractivity contribution in [1.82, 2.24) is 15.1 Å².